The third kappa shape index (κ3) is 2.57. The summed E-state index contributed by atoms with van der Waals surface area (Å²) in [4.78, 5) is 13.2. The predicted octanol–water partition coefficient (Wildman–Crippen LogP) is 0.135. The maximum Gasteiger partial charge on any atom is 0.363 e. The zero-order valence-electron chi connectivity index (χ0n) is 9.97. The fraction of sp³-hybridized carbons (Fsp3) is 0.500. The zero-order chi connectivity index (χ0) is 14.0. The van der Waals surface area contributed by atoms with Gasteiger partial charge in [-0.1, -0.05) is 0 Å². The van der Waals surface area contributed by atoms with Gasteiger partial charge in [0.1, 0.15) is 4.90 Å². The van der Waals surface area contributed by atoms with E-state index in [1.807, 2.05) is 0 Å². The number of hydrogen-bond acceptors (Lipinski definition) is 6. The highest BCUT2D eigenvalue weighted by Crippen LogP contribution is 2.25. The molecule has 0 spiro atoms. The molecule has 9 heteroatoms. The largest absolute Gasteiger partial charge is 0.395 e. The Morgan fingerprint density at radius 3 is 2.79 bits per heavy atom. The quantitative estimate of drug-likeness (QED) is 0.622. The lowest BCUT2D eigenvalue weighted by molar-refractivity contribution is -0.389. The molecular formula is C10H13N3O5S. The molecule has 1 fully saturated rings. The molecule has 0 saturated carbocycles. The van der Waals surface area contributed by atoms with Gasteiger partial charge in [0.05, 0.1) is 6.61 Å². The summed E-state index contributed by atoms with van der Waals surface area (Å²) in [5.74, 6) is -0.404. The van der Waals surface area contributed by atoms with Crippen LogP contribution in [0.3, 0.4) is 0 Å². The molecule has 0 unspecified atom stereocenters. The lowest BCUT2D eigenvalue weighted by Gasteiger charge is -2.21. The van der Waals surface area contributed by atoms with Crippen molar-refractivity contribution in [3.05, 3.63) is 28.4 Å². The monoisotopic (exact) mass is 287 g/mol. The zero-order valence-corrected chi connectivity index (χ0v) is 10.8. The molecule has 2 heterocycles. The molecule has 2 rings (SSSR count). The molecule has 0 aliphatic carbocycles. The van der Waals surface area contributed by atoms with Crippen LogP contribution < -0.4 is 0 Å². The molecule has 1 aromatic rings. The second kappa shape index (κ2) is 5.19. The van der Waals surface area contributed by atoms with E-state index in [9.17, 15) is 18.5 Å². The molecule has 1 aromatic heterocycles. The van der Waals surface area contributed by atoms with E-state index in [2.05, 4.69) is 4.98 Å². The van der Waals surface area contributed by atoms with Gasteiger partial charge < -0.3 is 15.2 Å². The summed E-state index contributed by atoms with van der Waals surface area (Å²) in [5.41, 5.74) is 0. The summed E-state index contributed by atoms with van der Waals surface area (Å²) in [6.07, 6.45) is 2.27. The number of aromatic nitrogens is 1. The fourth-order valence-electron chi connectivity index (χ4n) is 2.08. The van der Waals surface area contributed by atoms with Crippen LogP contribution >= 0.6 is 0 Å². The average Bonchev–Trinajstić information content (AvgIpc) is 2.87. The van der Waals surface area contributed by atoms with Crippen LogP contribution in [-0.2, 0) is 10.0 Å². The smallest absolute Gasteiger partial charge is 0.363 e. The van der Waals surface area contributed by atoms with Gasteiger partial charge in [-0.15, -0.1) is 0 Å². The molecule has 0 bridgehead atoms. The number of aliphatic hydroxyl groups is 1. The second-order valence-electron chi connectivity index (χ2n) is 4.20. The van der Waals surface area contributed by atoms with E-state index < -0.39 is 26.8 Å². The summed E-state index contributed by atoms with van der Waals surface area (Å²) in [6, 6.07) is 1.78. The third-order valence-electron chi connectivity index (χ3n) is 3.05. The van der Waals surface area contributed by atoms with Crippen molar-refractivity contribution in [3.8, 4) is 0 Å². The van der Waals surface area contributed by atoms with Crippen LogP contribution in [0.5, 0.6) is 0 Å². The number of pyridine rings is 1. The maximum absolute atomic E-state index is 12.3. The Labute approximate surface area is 109 Å². The van der Waals surface area contributed by atoms with Gasteiger partial charge in [-0.3, -0.25) is 0 Å². The molecule has 0 aromatic carbocycles. The van der Waals surface area contributed by atoms with Crippen molar-refractivity contribution >= 4 is 15.8 Å². The second-order valence-corrected chi connectivity index (χ2v) is 6.09. The molecule has 1 aliphatic rings. The molecule has 1 aliphatic heterocycles. The lowest BCUT2D eigenvalue weighted by Crippen LogP contribution is -2.37. The van der Waals surface area contributed by atoms with Crippen LogP contribution in [-0.4, -0.2) is 46.9 Å². The Bertz CT molecular complexity index is 571. The van der Waals surface area contributed by atoms with Crippen LogP contribution in [0.15, 0.2) is 23.2 Å². The number of hydrogen-bond donors (Lipinski definition) is 1. The van der Waals surface area contributed by atoms with Crippen molar-refractivity contribution in [2.24, 2.45) is 0 Å². The Morgan fingerprint density at radius 1 is 1.53 bits per heavy atom. The Morgan fingerprint density at radius 2 is 2.26 bits per heavy atom. The van der Waals surface area contributed by atoms with Crippen LogP contribution in [0.25, 0.3) is 0 Å². The van der Waals surface area contributed by atoms with Crippen molar-refractivity contribution in [2.75, 3.05) is 13.2 Å². The normalized spacial score (nSPS) is 20.6. The van der Waals surface area contributed by atoms with Crippen molar-refractivity contribution in [1.82, 2.24) is 9.29 Å². The number of rotatable bonds is 4. The number of aliphatic hydroxyl groups excluding tert-OH is 1. The van der Waals surface area contributed by atoms with Gasteiger partial charge in [-0.05, 0) is 28.8 Å². The summed E-state index contributed by atoms with van der Waals surface area (Å²) in [6.45, 7) is 0.101. The Balaban J connectivity index is 2.31. The first-order chi connectivity index (χ1) is 8.96. The van der Waals surface area contributed by atoms with E-state index in [1.165, 1.54) is 4.31 Å². The summed E-state index contributed by atoms with van der Waals surface area (Å²) < 4.78 is 25.8. The molecule has 1 N–H and O–H groups in total. The Kier molecular flexibility index (Phi) is 3.78. The van der Waals surface area contributed by atoms with E-state index >= 15 is 0 Å². The van der Waals surface area contributed by atoms with Crippen molar-refractivity contribution in [1.29, 1.82) is 0 Å². The summed E-state index contributed by atoms with van der Waals surface area (Å²) in [7, 11) is -3.75. The fourth-order valence-corrected chi connectivity index (χ4v) is 3.71. The summed E-state index contributed by atoms with van der Waals surface area (Å²) >= 11 is 0. The van der Waals surface area contributed by atoms with Gasteiger partial charge in [-0.25, -0.2) is 8.42 Å². The van der Waals surface area contributed by atoms with Gasteiger partial charge in [0, 0.05) is 18.7 Å². The van der Waals surface area contributed by atoms with Crippen LogP contribution in [0, 0.1) is 10.1 Å². The van der Waals surface area contributed by atoms with E-state index in [4.69, 9.17) is 5.11 Å². The Hall–Kier alpha value is -1.58. The van der Waals surface area contributed by atoms with E-state index in [0.717, 1.165) is 18.3 Å². The van der Waals surface area contributed by atoms with E-state index in [1.54, 1.807) is 0 Å². The molecule has 1 atom stereocenters. The van der Waals surface area contributed by atoms with Crippen molar-refractivity contribution < 1.29 is 18.4 Å². The average molecular weight is 287 g/mol. The minimum atomic E-state index is -3.75. The van der Waals surface area contributed by atoms with Gasteiger partial charge in [-0.2, -0.15) is 4.31 Å². The van der Waals surface area contributed by atoms with Crippen LogP contribution in [0.2, 0.25) is 0 Å². The van der Waals surface area contributed by atoms with Gasteiger partial charge in [0.15, 0.2) is 6.20 Å². The predicted molar refractivity (Wildman–Crippen MR) is 64.9 cm³/mol. The van der Waals surface area contributed by atoms with Crippen LogP contribution in [0.1, 0.15) is 12.8 Å². The van der Waals surface area contributed by atoms with E-state index in [0.29, 0.717) is 19.4 Å². The first-order valence-corrected chi connectivity index (χ1v) is 7.14. The minimum Gasteiger partial charge on any atom is -0.395 e. The highest BCUT2D eigenvalue weighted by atomic mass is 32.2. The maximum atomic E-state index is 12.3. The lowest BCUT2D eigenvalue weighted by atomic mass is 10.2. The summed E-state index contributed by atoms with van der Waals surface area (Å²) in [5, 5.41) is 19.6. The van der Waals surface area contributed by atoms with Gasteiger partial charge in [0.2, 0.25) is 10.0 Å². The molecule has 0 amide bonds. The molecule has 104 valence electrons. The molecule has 0 radical (unpaired) electrons. The number of sulfonamides is 1. The standard InChI is InChI=1S/C10H13N3O5S/c14-7-8-2-1-5-12(8)19(17,18)9-3-4-10(11-6-9)13(15)16/h3-4,6,8,14H,1-2,5,7H2/t8-/m1/s1. The van der Waals surface area contributed by atoms with Crippen molar-refractivity contribution in [2.45, 2.75) is 23.8 Å². The SMILES string of the molecule is O=[N+]([O-])c1ccc(S(=O)(=O)N2CCC[C@@H]2CO)cn1. The van der Waals surface area contributed by atoms with Crippen LogP contribution in [0.4, 0.5) is 5.82 Å². The van der Waals surface area contributed by atoms with Gasteiger partial charge in [0.25, 0.3) is 0 Å². The highest BCUT2D eigenvalue weighted by molar-refractivity contribution is 7.89. The minimum absolute atomic E-state index is 0.0987. The third-order valence-corrected chi connectivity index (χ3v) is 4.98. The van der Waals surface area contributed by atoms with E-state index in [-0.39, 0.29) is 11.5 Å². The molecule has 8 nitrogen and oxygen atoms in total. The first kappa shape index (κ1) is 13.8. The topological polar surface area (TPSA) is 114 Å². The number of nitrogens with zero attached hydrogens (tertiary/aromatic N) is 3. The first-order valence-electron chi connectivity index (χ1n) is 5.70. The van der Waals surface area contributed by atoms with Gasteiger partial charge >= 0.3 is 5.82 Å². The molecule has 1 saturated heterocycles. The molecular weight excluding hydrogens is 274 g/mol. The highest BCUT2D eigenvalue weighted by Gasteiger charge is 2.35. The number of nitro groups is 1. The molecule has 19 heavy (non-hydrogen) atoms. The van der Waals surface area contributed by atoms with Crippen molar-refractivity contribution in [3.63, 3.8) is 0 Å².